The second-order valence-corrected chi connectivity index (χ2v) is 8.94. The second-order valence-electron chi connectivity index (χ2n) is 8.94. The number of fused-ring (bicyclic) bond motifs is 1. The summed E-state index contributed by atoms with van der Waals surface area (Å²) < 4.78 is 31.6. The van der Waals surface area contributed by atoms with E-state index in [9.17, 15) is 14.0 Å². The minimum atomic E-state index is -0.560. The van der Waals surface area contributed by atoms with Gasteiger partial charge in [0.1, 0.15) is 22.6 Å². The molecule has 0 aliphatic heterocycles. The van der Waals surface area contributed by atoms with Crippen LogP contribution in [0.1, 0.15) is 21.5 Å². The number of aryl methyl sites for hydroxylation is 2. The van der Waals surface area contributed by atoms with E-state index in [1.165, 1.54) is 37.0 Å². The molecular formula is C30H25FN4O5. The summed E-state index contributed by atoms with van der Waals surface area (Å²) >= 11 is 0. The number of carbonyl (C=O) groups excluding carboxylic acids is 1. The molecule has 1 amide bonds. The van der Waals surface area contributed by atoms with Gasteiger partial charge in [-0.05, 0) is 73.5 Å². The molecule has 3 aromatic heterocycles. The van der Waals surface area contributed by atoms with Gasteiger partial charge in [0.2, 0.25) is 0 Å². The highest BCUT2D eigenvalue weighted by Gasteiger charge is 2.18. The smallest absolute Gasteiger partial charge is 0.268 e. The van der Waals surface area contributed by atoms with Crippen molar-refractivity contribution < 1.29 is 23.4 Å². The quantitative estimate of drug-likeness (QED) is 0.287. The van der Waals surface area contributed by atoms with Crippen LogP contribution in [0.4, 0.5) is 10.1 Å². The van der Waals surface area contributed by atoms with Crippen molar-refractivity contribution in [1.82, 2.24) is 14.5 Å². The van der Waals surface area contributed by atoms with Crippen LogP contribution in [-0.2, 0) is 0 Å². The Hall–Kier alpha value is -5.25. The normalized spacial score (nSPS) is 10.8. The van der Waals surface area contributed by atoms with Crippen LogP contribution in [0.3, 0.4) is 0 Å². The van der Waals surface area contributed by atoms with Gasteiger partial charge in [-0.25, -0.2) is 9.37 Å². The number of hydrogen-bond donors (Lipinski definition) is 1. The third-order valence-corrected chi connectivity index (χ3v) is 6.31. The number of pyridine rings is 3. The molecule has 5 aromatic rings. The molecule has 0 unspecified atom stereocenters. The highest BCUT2D eigenvalue weighted by Crippen LogP contribution is 2.34. The van der Waals surface area contributed by atoms with Gasteiger partial charge in [0.25, 0.3) is 17.3 Å². The highest BCUT2D eigenvalue weighted by molar-refractivity contribution is 6.05. The van der Waals surface area contributed by atoms with Gasteiger partial charge in [0.15, 0.2) is 11.5 Å². The van der Waals surface area contributed by atoms with E-state index in [4.69, 9.17) is 14.2 Å². The molecule has 9 nitrogen and oxygen atoms in total. The van der Waals surface area contributed by atoms with E-state index >= 15 is 0 Å². The van der Waals surface area contributed by atoms with Crippen LogP contribution in [0.25, 0.3) is 16.7 Å². The van der Waals surface area contributed by atoms with Crippen molar-refractivity contribution >= 4 is 22.6 Å². The number of ether oxygens (including phenoxy) is 3. The third-order valence-electron chi connectivity index (χ3n) is 6.31. The van der Waals surface area contributed by atoms with E-state index in [0.29, 0.717) is 56.7 Å². The number of nitrogens with one attached hydrogen (secondary N) is 1. The van der Waals surface area contributed by atoms with Crippen LogP contribution in [-0.4, -0.2) is 34.7 Å². The first-order valence-corrected chi connectivity index (χ1v) is 12.2. The van der Waals surface area contributed by atoms with E-state index in [2.05, 4.69) is 15.3 Å². The molecule has 40 heavy (non-hydrogen) atoms. The number of halogens is 1. The predicted molar refractivity (Wildman–Crippen MR) is 149 cm³/mol. The van der Waals surface area contributed by atoms with E-state index in [0.717, 1.165) is 0 Å². The first-order chi connectivity index (χ1) is 19.3. The number of carbonyl (C=O) groups is 1. The van der Waals surface area contributed by atoms with Crippen molar-refractivity contribution in [2.45, 2.75) is 13.8 Å². The Morgan fingerprint density at radius 1 is 0.925 bits per heavy atom. The number of methoxy groups -OCH3 is 2. The molecule has 0 aliphatic rings. The zero-order valence-electron chi connectivity index (χ0n) is 22.2. The van der Waals surface area contributed by atoms with Crippen molar-refractivity contribution in [1.29, 1.82) is 0 Å². The summed E-state index contributed by atoms with van der Waals surface area (Å²) in [4.78, 5) is 35.2. The minimum Gasteiger partial charge on any atom is -0.491 e. The molecule has 0 bridgehead atoms. The number of aromatic nitrogens is 3. The summed E-state index contributed by atoms with van der Waals surface area (Å²) in [7, 11) is 3.02. The van der Waals surface area contributed by atoms with Crippen LogP contribution in [0.2, 0.25) is 0 Å². The van der Waals surface area contributed by atoms with Gasteiger partial charge in [-0.1, -0.05) is 0 Å². The average Bonchev–Trinajstić information content (AvgIpc) is 2.94. The summed E-state index contributed by atoms with van der Waals surface area (Å²) in [5, 5.41) is 2.77. The number of benzene rings is 2. The van der Waals surface area contributed by atoms with Gasteiger partial charge < -0.3 is 19.5 Å². The zero-order valence-corrected chi connectivity index (χ0v) is 22.2. The number of rotatable bonds is 7. The van der Waals surface area contributed by atoms with E-state index in [1.54, 1.807) is 68.7 Å². The Bertz CT molecular complexity index is 1800. The van der Waals surface area contributed by atoms with Gasteiger partial charge in [0, 0.05) is 30.2 Å². The SMILES string of the molecule is COc1cc2nccc(Oc3ccc(NC(=O)c4c(C)ccn(-c5ccc(F)cc5C)c4=O)cc3)c2nc1OC. The molecule has 5 rings (SSSR count). The molecule has 10 heteroatoms. The molecule has 0 aliphatic carbocycles. The van der Waals surface area contributed by atoms with E-state index < -0.39 is 17.3 Å². The topological polar surface area (TPSA) is 105 Å². The minimum absolute atomic E-state index is 0.00902. The molecule has 0 saturated heterocycles. The molecule has 1 N–H and O–H groups in total. The lowest BCUT2D eigenvalue weighted by atomic mass is 10.1. The summed E-state index contributed by atoms with van der Waals surface area (Å²) in [5.41, 5.74) is 2.60. The van der Waals surface area contributed by atoms with Crippen LogP contribution >= 0.6 is 0 Å². The Kier molecular flexibility index (Phi) is 7.15. The summed E-state index contributed by atoms with van der Waals surface area (Å²) in [6.45, 7) is 3.39. The lowest BCUT2D eigenvalue weighted by molar-refractivity contribution is 0.102. The van der Waals surface area contributed by atoms with E-state index in [-0.39, 0.29) is 5.56 Å². The molecule has 0 atom stereocenters. The lowest BCUT2D eigenvalue weighted by Gasteiger charge is -2.14. The molecule has 0 saturated carbocycles. The van der Waals surface area contributed by atoms with Crippen molar-refractivity contribution in [3.63, 3.8) is 0 Å². The Balaban J connectivity index is 1.38. The molecule has 0 radical (unpaired) electrons. The summed E-state index contributed by atoms with van der Waals surface area (Å²) in [6, 6.07) is 15.9. The maximum Gasteiger partial charge on any atom is 0.268 e. The fraction of sp³-hybridized carbons (Fsp3) is 0.133. The predicted octanol–water partition coefficient (Wildman–Crippen LogP) is 5.60. The molecule has 202 valence electrons. The van der Waals surface area contributed by atoms with Crippen molar-refractivity contribution in [2.75, 3.05) is 19.5 Å². The monoisotopic (exact) mass is 540 g/mol. The molecule has 0 fully saturated rings. The summed E-state index contributed by atoms with van der Waals surface area (Å²) in [5.74, 6) is 0.742. The summed E-state index contributed by atoms with van der Waals surface area (Å²) in [6.07, 6.45) is 3.17. The van der Waals surface area contributed by atoms with Gasteiger partial charge in [-0.3, -0.25) is 19.1 Å². The van der Waals surface area contributed by atoms with Crippen molar-refractivity contribution in [3.8, 4) is 28.8 Å². The standard InChI is InChI=1S/C30H25FN4O5/c1-17-12-14-35(23-10-5-19(31)15-18(23)2)30(37)26(17)28(36)33-20-6-8-21(9-7-20)40-24-11-13-32-22-16-25(38-3)29(39-4)34-27(22)24/h5-16H,1-4H3,(H,33,36). The average molecular weight is 541 g/mol. The van der Waals surface area contributed by atoms with Gasteiger partial charge in [0.05, 0.1) is 25.4 Å². The molecule has 3 heterocycles. The highest BCUT2D eigenvalue weighted by atomic mass is 19.1. The van der Waals surface area contributed by atoms with Gasteiger partial charge >= 0.3 is 0 Å². The third kappa shape index (κ3) is 5.06. The van der Waals surface area contributed by atoms with Crippen LogP contribution in [0, 0.1) is 19.7 Å². The Morgan fingerprint density at radius 3 is 2.40 bits per heavy atom. The number of anilines is 1. The lowest BCUT2D eigenvalue weighted by Crippen LogP contribution is -2.29. The molecular weight excluding hydrogens is 515 g/mol. The maximum atomic E-state index is 13.6. The Labute approximate surface area is 228 Å². The van der Waals surface area contributed by atoms with Gasteiger partial charge in [-0.15, -0.1) is 0 Å². The maximum absolute atomic E-state index is 13.6. The molecule has 2 aromatic carbocycles. The Morgan fingerprint density at radius 2 is 1.70 bits per heavy atom. The molecule has 0 spiro atoms. The van der Waals surface area contributed by atoms with Crippen LogP contribution in [0.5, 0.6) is 23.1 Å². The fourth-order valence-electron chi connectivity index (χ4n) is 4.30. The number of hydrogen-bond acceptors (Lipinski definition) is 7. The van der Waals surface area contributed by atoms with Gasteiger partial charge in [-0.2, -0.15) is 0 Å². The number of amides is 1. The first-order valence-electron chi connectivity index (χ1n) is 12.2. The fourth-order valence-corrected chi connectivity index (χ4v) is 4.30. The largest absolute Gasteiger partial charge is 0.491 e. The first kappa shape index (κ1) is 26.4. The van der Waals surface area contributed by atoms with Crippen molar-refractivity contribution in [3.05, 3.63) is 106 Å². The second kappa shape index (κ2) is 10.9. The zero-order chi connectivity index (χ0) is 28.4. The van der Waals surface area contributed by atoms with E-state index in [1.807, 2.05) is 0 Å². The van der Waals surface area contributed by atoms with Crippen LogP contribution < -0.4 is 25.1 Å². The number of nitrogens with zero attached hydrogens (tertiary/aromatic N) is 3. The van der Waals surface area contributed by atoms with Crippen LogP contribution in [0.15, 0.2) is 77.9 Å². The van der Waals surface area contributed by atoms with Crippen molar-refractivity contribution in [2.24, 2.45) is 0 Å².